The molecule has 1 saturated heterocycles. The van der Waals surface area contributed by atoms with Gasteiger partial charge in [-0.25, -0.2) is 0 Å². The van der Waals surface area contributed by atoms with Crippen LogP contribution in [-0.4, -0.2) is 24.5 Å². The summed E-state index contributed by atoms with van der Waals surface area (Å²) in [5.74, 6) is 1.05. The SMILES string of the molecule is C(=C/CCN1CCCCC1)/CCC1CCCCC1. The van der Waals surface area contributed by atoms with Crippen molar-refractivity contribution in [2.75, 3.05) is 19.6 Å². The average molecular weight is 249 g/mol. The quantitative estimate of drug-likeness (QED) is 0.612. The number of likely N-dealkylation sites (tertiary alicyclic amines) is 1. The van der Waals surface area contributed by atoms with Crippen molar-refractivity contribution < 1.29 is 0 Å². The van der Waals surface area contributed by atoms with E-state index < -0.39 is 0 Å². The molecule has 0 unspecified atom stereocenters. The molecule has 1 nitrogen and oxygen atoms in total. The molecule has 0 N–H and O–H groups in total. The lowest BCUT2D eigenvalue weighted by molar-refractivity contribution is 0.233. The minimum atomic E-state index is 1.05. The Labute approximate surface area is 114 Å². The van der Waals surface area contributed by atoms with Gasteiger partial charge in [-0.1, -0.05) is 50.7 Å². The van der Waals surface area contributed by atoms with Crippen LogP contribution in [0.1, 0.15) is 70.6 Å². The van der Waals surface area contributed by atoms with Gasteiger partial charge in [0.05, 0.1) is 0 Å². The summed E-state index contributed by atoms with van der Waals surface area (Å²) >= 11 is 0. The van der Waals surface area contributed by atoms with Crippen LogP contribution >= 0.6 is 0 Å². The lowest BCUT2D eigenvalue weighted by Gasteiger charge is -2.25. The summed E-state index contributed by atoms with van der Waals surface area (Å²) < 4.78 is 0. The summed E-state index contributed by atoms with van der Waals surface area (Å²) in [5.41, 5.74) is 0. The Kier molecular flexibility index (Phi) is 6.86. The molecule has 0 bridgehead atoms. The molecule has 1 aliphatic carbocycles. The molecule has 0 amide bonds. The minimum absolute atomic E-state index is 1.05. The first-order valence-corrected chi connectivity index (χ1v) is 8.32. The van der Waals surface area contributed by atoms with Crippen LogP contribution in [0.4, 0.5) is 0 Å². The Morgan fingerprint density at radius 1 is 0.778 bits per heavy atom. The van der Waals surface area contributed by atoms with Gasteiger partial charge in [0.2, 0.25) is 0 Å². The van der Waals surface area contributed by atoms with Crippen molar-refractivity contribution in [2.45, 2.75) is 70.6 Å². The highest BCUT2D eigenvalue weighted by Crippen LogP contribution is 2.27. The highest BCUT2D eigenvalue weighted by molar-refractivity contribution is 4.84. The van der Waals surface area contributed by atoms with E-state index in [1.165, 1.54) is 90.3 Å². The lowest BCUT2D eigenvalue weighted by atomic mass is 9.86. The fourth-order valence-electron chi connectivity index (χ4n) is 3.48. The van der Waals surface area contributed by atoms with Crippen molar-refractivity contribution in [3.63, 3.8) is 0 Å². The summed E-state index contributed by atoms with van der Waals surface area (Å²) in [6.07, 6.45) is 20.7. The highest BCUT2D eigenvalue weighted by atomic mass is 15.1. The highest BCUT2D eigenvalue weighted by Gasteiger charge is 2.11. The van der Waals surface area contributed by atoms with Crippen LogP contribution in [0.2, 0.25) is 0 Å². The number of piperidine rings is 1. The van der Waals surface area contributed by atoms with E-state index in [0.717, 1.165) is 5.92 Å². The molecule has 104 valence electrons. The molecule has 2 rings (SSSR count). The molecule has 1 aliphatic heterocycles. The van der Waals surface area contributed by atoms with Crippen LogP contribution in [0.25, 0.3) is 0 Å². The molecule has 2 aliphatic rings. The molecular formula is C17H31N. The molecular weight excluding hydrogens is 218 g/mol. The Hall–Kier alpha value is -0.300. The number of hydrogen-bond acceptors (Lipinski definition) is 1. The summed E-state index contributed by atoms with van der Waals surface area (Å²) in [6, 6.07) is 0. The third-order valence-corrected chi connectivity index (χ3v) is 4.69. The normalized spacial score (nSPS) is 23.8. The molecule has 0 radical (unpaired) electrons. The molecule has 18 heavy (non-hydrogen) atoms. The number of rotatable bonds is 6. The number of nitrogens with zero attached hydrogens (tertiary/aromatic N) is 1. The first-order valence-electron chi connectivity index (χ1n) is 8.32. The van der Waals surface area contributed by atoms with Gasteiger partial charge in [0.15, 0.2) is 0 Å². The van der Waals surface area contributed by atoms with Crippen LogP contribution in [0.5, 0.6) is 0 Å². The Balaban J connectivity index is 1.46. The molecule has 0 aromatic carbocycles. The smallest absolute Gasteiger partial charge is 0.00159 e. The molecule has 0 aromatic rings. The molecule has 1 heterocycles. The first kappa shape index (κ1) is 14.1. The zero-order chi connectivity index (χ0) is 12.5. The second-order valence-corrected chi connectivity index (χ2v) is 6.24. The van der Waals surface area contributed by atoms with E-state index in [0.29, 0.717) is 0 Å². The maximum atomic E-state index is 2.63. The van der Waals surface area contributed by atoms with Crippen molar-refractivity contribution in [3.05, 3.63) is 12.2 Å². The lowest BCUT2D eigenvalue weighted by Crippen LogP contribution is -2.30. The van der Waals surface area contributed by atoms with Gasteiger partial charge in [0, 0.05) is 6.54 Å². The van der Waals surface area contributed by atoms with E-state index >= 15 is 0 Å². The summed E-state index contributed by atoms with van der Waals surface area (Å²) in [5, 5.41) is 0. The minimum Gasteiger partial charge on any atom is -0.303 e. The molecule has 1 heteroatoms. The van der Waals surface area contributed by atoms with Gasteiger partial charge in [-0.3, -0.25) is 0 Å². The van der Waals surface area contributed by atoms with Gasteiger partial charge in [-0.05, 0) is 51.1 Å². The van der Waals surface area contributed by atoms with Crippen molar-refractivity contribution in [1.82, 2.24) is 4.90 Å². The van der Waals surface area contributed by atoms with E-state index in [2.05, 4.69) is 17.1 Å². The van der Waals surface area contributed by atoms with E-state index in [1.54, 1.807) is 0 Å². The maximum absolute atomic E-state index is 2.63. The van der Waals surface area contributed by atoms with Crippen molar-refractivity contribution in [3.8, 4) is 0 Å². The van der Waals surface area contributed by atoms with Crippen molar-refractivity contribution in [2.24, 2.45) is 5.92 Å². The van der Waals surface area contributed by atoms with Gasteiger partial charge < -0.3 is 4.90 Å². The van der Waals surface area contributed by atoms with Crippen LogP contribution in [0.3, 0.4) is 0 Å². The van der Waals surface area contributed by atoms with Crippen molar-refractivity contribution in [1.29, 1.82) is 0 Å². The van der Waals surface area contributed by atoms with E-state index in [4.69, 9.17) is 0 Å². The maximum Gasteiger partial charge on any atom is 0.00159 e. The molecule has 0 aromatic heterocycles. The van der Waals surface area contributed by atoms with E-state index in [1.807, 2.05) is 0 Å². The third kappa shape index (κ3) is 5.56. The summed E-state index contributed by atoms with van der Waals surface area (Å²) in [6.45, 7) is 3.98. The van der Waals surface area contributed by atoms with Crippen LogP contribution < -0.4 is 0 Å². The zero-order valence-corrected chi connectivity index (χ0v) is 12.1. The third-order valence-electron chi connectivity index (χ3n) is 4.69. The zero-order valence-electron chi connectivity index (χ0n) is 12.1. The predicted molar refractivity (Wildman–Crippen MR) is 79.9 cm³/mol. The van der Waals surface area contributed by atoms with E-state index in [-0.39, 0.29) is 0 Å². The van der Waals surface area contributed by atoms with Crippen molar-refractivity contribution >= 4 is 0 Å². The fraction of sp³-hybridized carbons (Fsp3) is 0.882. The monoisotopic (exact) mass is 249 g/mol. The molecule has 0 atom stereocenters. The molecule has 1 saturated carbocycles. The van der Waals surface area contributed by atoms with Crippen LogP contribution in [-0.2, 0) is 0 Å². The standard InChI is InChI=1S/C17H31N/c1(5-11-17-12-6-3-7-13-17)2-8-14-18-15-9-4-10-16-18/h1-2,17H,3-16H2/b2-1-. The fourth-order valence-corrected chi connectivity index (χ4v) is 3.48. The van der Waals surface area contributed by atoms with Gasteiger partial charge in [0.25, 0.3) is 0 Å². The summed E-state index contributed by atoms with van der Waals surface area (Å²) in [4.78, 5) is 2.63. The Morgan fingerprint density at radius 3 is 2.22 bits per heavy atom. The van der Waals surface area contributed by atoms with Crippen LogP contribution in [0, 0.1) is 5.92 Å². The largest absolute Gasteiger partial charge is 0.303 e. The van der Waals surface area contributed by atoms with Gasteiger partial charge >= 0.3 is 0 Å². The summed E-state index contributed by atoms with van der Waals surface area (Å²) in [7, 11) is 0. The molecule has 2 fully saturated rings. The number of hydrogen-bond donors (Lipinski definition) is 0. The van der Waals surface area contributed by atoms with Gasteiger partial charge in [-0.2, -0.15) is 0 Å². The Morgan fingerprint density at radius 2 is 1.44 bits per heavy atom. The van der Waals surface area contributed by atoms with Crippen LogP contribution in [0.15, 0.2) is 12.2 Å². The topological polar surface area (TPSA) is 3.24 Å². The Bertz CT molecular complexity index is 198. The predicted octanol–water partition coefficient (Wildman–Crippen LogP) is 4.78. The second kappa shape index (κ2) is 8.74. The molecule has 0 spiro atoms. The average Bonchev–Trinajstić information content (AvgIpc) is 2.45. The van der Waals surface area contributed by atoms with Gasteiger partial charge in [0.1, 0.15) is 0 Å². The van der Waals surface area contributed by atoms with Gasteiger partial charge in [-0.15, -0.1) is 0 Å². The second-order valence-electron chi connectivity index (χ2n) is 6.24. The first-order chi connectivity index (χ1) is 8.95. The van der Waals surface area contributed by atoms with E-state index in [9.17, 15) is 0 Å². The number of allylic oxidation sites excluding steroid dienone is 1.